The second-order valence-electron chi connectivity index (χ2n) is 6.19. The molecule has 0 saturated carbocycles. The van der Waals surface area contributed by atoms with E-state index in [0.29, 0.717) is 0 Å². The maximum absolute atomic E-state index is 5.69. The van der Waals surface area contributed by atoms with Gasteiger partial charge < -0.3 is 4.74 Å². The van der Waals surface area contributed by atoms with Gasteiger partial charge in [0.25, 0.3) is 0 Å². The number of benzene rings is 2. The van der Waals surface area contributed by atoms with Crippen molar-refractivity contribution in [2.75, 3.05) is 7.11 Å². The molecule has 3 rings (SSSR count). The quantitative estimate of drug-likeness (QED) is 0.701. The molecule has 0 aliphatic carbocycles. The van der Waals surface area contributed by atoms with E-state index in [-0.39, 0.29) is 5.54 Å². The van der Waals surface area contributed by atoms with Gasteiger partial charge in [-0.05, 0) is 26.3 Å². The number of ether oxygens (including phenoxy) is 1. The van der Waals surface area contributed by atoms with Crippen LogP contribution >= 0.6 is 0 Å². The molecule has 2 aromatic carbocycles. The summed E-state index contributed by atoms with van der Waals surface area (Å²) < 4.78 is 7.67. The summed E-state index contributed by atoms with van der Waals surface area (Å²) in [4.78, 5) is 0. The molecular formula is C20H22N2O. The van der Waals surface area contributed by atoms with Crippen molar-refractivity contribution in [3.05, 3.63) is 71.8 Å². The fourth-order valence-corrected chi connectivity index (χ4v) is 2.94. The molecule has 0 aliphatic heterocycles. The van der Waals surface area contributed by atoms with Gasteiger partial charge in [0.2, 0.25) is 5.88 Å². The molecule has 23 heavy (non-hydrogen) atoms. The van der Waals surface area contributed by atoms with Gasteiger partial charge in [-0.1, -0.05) is 60.7 Å². The van der Waals surface area contributed by atoms with Gasteiger partial charge in [0, 0.05) is 11.1 Å². The summed E-state index contributed by atoms with van der Waals surface area (Å²) in [7, 11) is 1.70. The van der Waals surface area contributed by atoms with Gasteiger partial charge in [-0.25, -0.2) is 4.68 Å². The second-order valence-corrected chi connectivity index (χ2v) is 6.19. The topological polar surface area (TPSA) is 27.1 Å². The average Bonchev–Trinajstić information content (AvgIpc) is 2.93. The summed E-state index contributed by atoms with van der Waals surface area (Å²) >= 11 is 0. The van der Waals surface area contributed by atoms with Gasteiger partial charge in [-0.2, -0.15) is 5.10 Å². The van der Waals surface area contributed by atoms with Gasteiger partial charge in [0.15, 0.2) is 0 Å². The molecule has 1 aromatic heterocycles. The van der Waals surface area contributed by atoms with E-state index in [1.807, 2.05) is 28.9 Å². The van der Waals surface area contributed by atoms with Gasteiger partial charge in [-0.3, -0.25) is 0 Å². The van der Waals surface area contributed by atoms with Gasteiger partial charge in [0.1, 0.15) is 0 Å². The first-order chi connectivity index (χ1) is 11.1. The van der Waals surface area contributed by atoms with E-state index in [1.54, 1.807) is 7.11 Å². The van der Waals surface area contributed by atoms with Crippen LogP contribution in [0.5, 0.6) is 5.88 Å². The molecule has 3 heteroatoms. The van der Waals surface area contributed by atoms with Crippen LogP contribution in [0.4, 0.5) is 0 Å². The lowest BCUT2D eigenvalue weighted by Gasteiger charge is -2.27. The zero-order valence-corrected chi connectivity index (χ0v) is 14.1. The zero-order chi connectivity index (χ0) is 16.4. The summed E-state index contributed by atoms with van der Waals surface area (Å²) in [6, 6.07) is 20.6. The van der Waals surface area contributed by atoms with Crippen LogP contribution < -0.4 is 4.74 Å². The molecule has 0 fully saturated rings. The van der Waals surface area contributed by atoms with Gasteiger partial charge in [0.05, 0.1) is 18.3 Å². The largest absolute Gasteiger partial charge is 0.481 e. The fraction of sp³-hybridized carbons (Fsp3) is 0.250. The van der Waals surface area contributed by atoms with Crippen LogP contribution in [0.3, 0.4) is 0 Å². The predicted molar refractivity (Wildman–Crippen MR) is 93.8 cm³/mol. The van der Waals surface area contributed by atoms with Crippen LogP contribution in [-0.2, 0) is 5.54 Å². The number of methoxy groups -OCH3 is 1. The number of nitrogens with zero attached hydrogens (tertiary/aromatic N) is 2. The number of hydrogen-bond donors (Lipinski definition) is 0. The molecule has 1 heterocycles. The Balaban J connectivity index is 2.17. The lowest BCUT2D eigenvalue weighted by Crippen LogP contribution is -2.29. The minimum Gasteiger partial charge on any atom is -0.481 e. The number of rotatable bonds is 4. The Morgan fingerprint density at radius 2 is 1.48 bits per heavy atom. The Bertz CT molecular complexity index is 789. The highest BCUT2D eigenvalue weighted by atomic mass is 16.5. The van der Waals surface area contributed by atoms with Crippen molar-refractivity contribution in [1.29, 1.82) is 0 Å². The minimum atomic E-state index is -0.301. The number of hydrogen-bond acceptors (Lipinski definition) is 2. The highest BCUT2D eigenvalue weighted by molar-refractivity contribution is 5.65. The molecule has 0 atom stereocenters. The van der Waals surface area contributed by atoms with Crippen LogP contribution in [0.15, 0.2) is 60.7 Å². The lowest BCUT2D eigenvalue weighted by molar-refractivity contribution is 0.299. The van der Waals surface area contributed by atoms with Crippen molar-refractivity contribution in [3.8, 4) is 17.1 Å². The molecule has 0 bridgehead atoms. The second kappa shape index (κ2) is 5.92. The van der Waals surface area contributed by atoms with Crippen molar-refractivity contribution in [2.45, 2.75) is 26.3 Å². The summed E-state index contributed by atoms with van der Waals surface area (Å²) in [5.41, 5.74) is 4.02. The normalized spacial score (nSPS) is 11.5. The molecule has 3 aromatic rings. The summed E-state index contributed by atoms with van der Waals surface area (Å²) in [5, 5.41) is 4.89. The number of aromatic nitrogens is 2. The lowest BCUT2D eigenvalue weighted by atomic mass is 9.94. The highest BCUT2D eigenvalue weighted by Crippen LogP contribution is 2.36. The smallest absolute Gasteiger partial charge is 0.215 e. The predicted octanol–water partition coefficient (Wildman–Crippen LogP) is 4.65. The van der Waals surface area contributed by atoms with Crippen LogP contribution in [0, 0.1) is 6.92 Å². The molecule has 0 saturated heterocycles. The third-order valence-corrected chi connectivity index (χ3v) is 4.32. The van der Waals surface area contributed by atoms with Crippen molar-refractivity contribution in [3.63, 3.8) is 0 Å². The van der Waals surface area contributed by atoms with E-state index < -0.39 is 0 Å². The Morgan fingerprint density at radius 3 is 2.04 bits per heavy atom. The van der Waals surface area contributed by atoms with Crippen molar-refractivity contribution in [1.82, 2.24) is 9.78 Å². The van der Waals surface area contributed by atoms with Gasteiger partial charge >= 0.3 is 0 Å². The molecule has 0 unspecified atom stereocenters. The Morgan fingerprint density at radius 1 is 0.913 bits per heavy atom. The third-order valence-electron chi connectivity index (χ3n) is 4.32. The first-order valence-electron chi connectivity index (χ1n) is 7.80. The standard InChI is InChI=1S/C20H22N2O/c1-15-18(16-11-7-5-8-12-16)21-22(19(15)23-4)20(2,3)17-13-9-6-10-14-17/h5-14H,1-4H3. The van der Waals surface area contributed by atoms with E-state index in [2.05, 4.69) is 57.2 Å². The summed E-state index contributed by atoms with van der Waals surface area (Å²) in [5.74, 6) is 0.803. The summed E-state index contributed by atoms with van der Waals surface area (Å²) in [6.45, 7) is 6.38. The van der Waals surface area contributed by atoms with Crippen molar-refractivity contribution >= 4 is 0 Å². The van der Waals surface area contributed by atoms with E-state index in [1.165, 1.54) is 5.56 Å². The molecule has 0 spiro atoms. The molecular weight excluding hydrogens is 284 g/mol. The average molecular weight is 306 g/mol. The van der Waals surface area contributed by atoms with Crippen molar-refractivity contribution < 1.29 is 4.74 Å². The molecule has 118 valence electrons. The van der Waals surface area contributed by atoms with Crippen LogP contribution in [0.25, 0.3) is 11.3 Å². The summed E-state index contributed by atoms with van der Waals surface area (Å²) in [6.07, 6.45) is 0. The highest BCUT2D eigenvalue weighted by Gasteiger charge is 2.29. The zero-order valence-electron chi connectivity index (χ0n) is 14.1. The molecule has 0 radical (unpaired) electrons. The minimum absolute atomic E-state index is 0.301. The van der Waals surface area contributed by atoms with E-state index >= 15 is 0 Å². The van der Waals surface area contributed by atoms with E-state index in [4.69, 9.17) is 9.84 Å². The first kappa shape index (κ1) is 15.3. The third kappa shape index (κ3) is 2.63. The van der Waals surface area contributed by atoms with Crippen LogP contribution in [-0.4, -0.2) is 16.9 Å². The molecule has 0 aliphatic rings. The monoisotopic (exact) mass is 306 g/mol. The van der Waals surface area contributed by atoms with Crippen LogP contribution in [0.2, 0.25) is 0 Å². The maximum atomic E-state index is 5.69. The van der Waals surface area contributed by atoms with E-state index in [9.17, 15) is 0 Å². The molecule has 0 amide bonds. The Labute approximate surface area is 137 Å². The van der Waals surface area contributed by atoms with Gasteiger partial charge in [-0.15, -0.1) is 0 Å². The molecule has 3 nitrogen and oxygen atoms in total. The Kier molecular flexibility index (Phi) is 3.95. The van der Waals surface area contributed by atoms with E-state index in [0.717, 1.165) is 22.7 Å². The van der Waals surface area contributed by atoms with Crippen molar-refractivity contribution in [2.24, 2.45) is 0 Å². The first-order valence-corrected chi connectivity index (χ1v) is 7.80. The fourth-order valence-electron chi connectivity index (χ4n) is 2.94. The Hall–Kier alpha value is -2.55. The van der Waals surface area contributed by atoms with Crippen LogP contribution in [0.1, 0.15) is 25.0 Å². The molecule has 0 N–H and O–H groups in total. The SMILES string of the molecule is COc1c(C)c(-c2ccccc2)nn1C(C)(C)c1ccccc1. The maximum Gasteiger partial charge on any atom is 0.215 e.